The molecule has 110 valence electrons. The summed E-state index contributed by atoms with van der Waals surface area (Å²) in [6.07, 6.45) is 0.0201. The van der Waals surface area contributed by atoms with Crippen LogP contribution in [0.5, 0.6) is 0 Å². The van der Waals surface area contributed by atoms with E-state index in [0.717, 1.165) is 37.9 Å². The van der Waals surface area contributed by atoms with Crippen molar-refractivity contribution >= 4 is 5.69 Å². The lowest BCUT2D eigenvalue weighted by atomic mass is 9.83. The van der Waals surface area contributed by atoms with Gasteiger partial charge in [-0.25, -0.2) is 0 Å². The van der Waals surface area contributed by atoms with E-state index in [0.29, 0.717) is 12.2 Å². The lowest BCUT2D eigenvalue weighted by molar-refractivity contribution is -0.137. The minimum Gasteiger partial charge on any atom is -0.385 e. The monoisotopic (exact) mass is 285 g/mol. The highest BCUT2D eigenvalue weighted by molar-refractivity contribution is 5.57. The Labute approximate surface area is 116 Å². The molecule has 0 saturated carbocycles. The number of ether oxygens (including phenoxy) is 1. The molecule has 0 aromatic heterocycles. The highest BCUT2D eigenvalue weighted by Crippen LogP contribution is 2.40. The topological polar surface area (TPSA) is 21.3 Å². The number of hydrogen-bond acceptors (Lipinski definition) is 2. The van der Waals surface area contributed by atoms with Gasteiger partial charge in [0.15, 0.2) is 0 Å². The van der Waals surface area contributed by atoms with Gasteiger partial charge in [-0.2, -0.15) is 13.2 Å². The smallest absolute Gasteiger partial charge is 0.385 e. The Balaban J connectivity index is 1.89. The van der Waals surface area contributed by atoms with Crippen molar-refractivity contribution in [1.82, 2.24) is 0 Å². The van der Waals surface area contributed by atoms with Gasteiger partial charge < -0.3 is 10.1 Å². The van der Waals surface area contributed by atoms with E-state index in [2.05, 4.69) is 5.32 Å². The van der Waals surface area contributed by atoms with Gasteiger partial charge in [0.05, 0.1) is 11.7 Å². The van der Waals surface area contributed by atoms with Crippen LogP contribution < -0.4 is 5.32 Å². The Morgan fingerprint density at radius 2 is 2.00 bits per heavy atom. The summed E-state index contributed by atoms with van der Waals surface area (Å²) in [6, 6.07) is 4.03. The highest BCUT2D eigenvalue weighted by Gasteiger charge is 2.34. The van der Waals surface area contributed by atoms with Crippen LogP contribution in [0.1, 0.15) is 42.7 Å². The summed E-state index contributed by atoms with van der Waals surface area (Å²) in [5.74, 6) is 0.217. The molecular formula is C15H18F3NO. The van der Waals surface area contributed by atoms with Crippen molar-refractivity contribution in [3.8, 4) is 0 Å². The summed E-state index contributed by atoms with van der Waals surface area (Å²) in [5, 5.41) is 3.09. The van der Waals surface area contributed by atoms with Crippen LogP contribution in [0.15, 0.2) is 18.2 Å². The number of alkyl halides is 3. The van der Waals surface area contributed by atoms with Gasteiger partial charge in [0, 0.05) is 24.8 Å². The summed E-state index contributed by atoms with van der Waals surface area (Å²) in [6.45, 7) is 1.48. The number of anilines is 1. The van der Waals surface area contributed by atoms with Crippen LogP contribution in [0.3, 0.4) is 0 Å². The van der Waals surface area contributed by atoms with E-state index in [1.807, 2.05) is 0 Å². The van der Waals surface area contributed by atoms with Gasteiger partial charge in [-0.3, -0.25) is 0 Å². The fourth-order valence-corrected chi connectivity index (χ4v) is 3.20. The summed E-state index contributed by atoms with van der Waals surface area (Å²) < 4.78 is 44.1. The van der Waals surface area contributed by atoms with E-state index in [1.54, 1.807) is 6.07 Å². The molecule has 2 heterocycles. The highest BCUT2D eigenvalue weighted by atomic mass is 19.4. The molecular weight excluding hydrogens is 267 g/mol. The quantitative estimate of drug-likeness (QED) is 0.836. The molecule has 2 atom stereocenters. The minimum absolute atomic E-state index is 0.154. The first kappa shape index (κ1) is 13.7. The van der Waals surface area contributed by atoms with Crippen molar-refractivity contribution in [3.05, 3.63) is 29.3 Å². The zero-order chi connectivity index (χ0) is 14.2. The molecule has 1 aromatic rings. The van der Waals surface area contributed by atoms with E-state index < -0.39 is 11.7 Å². The third-order valence-corrected chi connectivity index (χ3v) is 4.21. The zero-order valence-electron chi connectivity index (χ0n) is 11.2. The molecule has 2 nitrogen and oxygen atoms in total. The van der Waals surface area contributed by atoms with Crippen LogP contribution in [0.25, 0.3) is 0 Å². The van der Waals surface area contributed by atoms with Gasteiger partial charge in [0.1, 0.15) is 0 Å². The van der Waals surface area contributed by atoms with Crippen molar-refractivity contribution in [2.24, 2.45) is 0 Å². The van der Waals surface area contributed by atoms with Crippen LogP contribution in [0.4, 0.5) is 18.9 Å². The lowest BCUT2D eigenvalue weighted by Gasteiger charge is -2.35. The molecule has 2 aliphatic heterocycles. The molecule has 1 saturated heterocycles. The lowest BCUT2D eigenvalue weighted by Crippen LogP contribution is -2.31. The predicted octanol–water partition coefficient (Wildman–Crippen LogP) is 4.17. The van der Waals surface area contributed by atoms with Crippen molar-refractivity contribution in [1.29, 1.82) is 0 Å². The van der Waals surface area contributed by atoms with Crippen LogP contribution >= 0.6 is 0 Å². The minimum atomic E-state index is -4.29. The van der Waals surface area contributed by atoms with Gasteiger partial charge in [-0.05, 0) is 43.4 Å². The van der Waals surface area contributed by atoms with Crippen molar-refractivity contribution in [3.63, 3.8) is 0 Å². The maximum Gasteiger partial charge on any atom is 0.416 e. The van der Waals surface area contributed by atoms with E-state index in [4.69, 9.17) is 4.74 Å². The van der Waals surface area contributed by atoms with Crippen LogP contribution in [0.2, 0.25) is 0 Å². The fraction of sp³-hybridized carbons (Fsp3) is 0.600. The molecule has 2 aliphatic rings. The molecule has 3 rings (SSSR count). The summed E-state index contributed by atoms with van der Waals surface area (Å²) >= 11 is 0. The molecule has 20 heavy (non-hydrogen) atoms. The number of nitrogens with one attached hydrogen (secondary N) is 1. The van der Waals surface area contributed by atoms with Gasteiger partial charge in [0.25, 0.3) is 0 Å². The molecule has 0 aliphatic carbocycles. The first-order valence-electron chi connectivity index (χ1n) is 7.12. The predicted molar refractivity (Wildman–Crippen MR) is 70.9 cm³/mol. The molecule has 0 amide bonds. The van der Waals surface area contributed by atoms with Gasteiger partial charge >= 0.3 is 6.18 Å². The first-order valence-corrected chi connectivity index (χ1v) is 7.12. The van der Waals surface area contributed by atoms with E-state index in [-0.39, 0.29) is 12.0 Å². The number of halogens is 3. The average Bonchev–Trinajstić information content (AvgIpc) is 2.46. The van der Waals surface area contributed by atoms with Crippen LogP contribution in [-0.2, 0) is 10.9 Å². The van der Waals surface area contributed by atoms with Crippen molar-refractivity contribution in [2.45, 2.75) is 43.9 Å². The number of rotatable bonds is 1. The third-order valence-electron chi connectivity index (χ3n) is 4.21. The molecule has 0 spiro atoms. The number of fused-ring (bicyclic) bond motifs is 1. The fourth-order valence-electron chi connectivity index (χ4n) is 3.20. The van der Waals surface area contributed by atoms with Gasteiger partial charge in [-0.1, -0.05) is 6.07 Å². The Kier molecular flexibility index (Phi) is 3.63. The van der Waals surface area contributed by atoms with E-state index in [1.165, 1.54) is 12.1 Å². The third kappa shape index (κ3) is 2.64. The second-order valence-corrected chi connectivity index (χ2v) is 5.53. The second kappa shape index (κ2) is 5.28. The SMILES string of the molecule is FC(F)(F)c1ccc2c(c1)NCCC2C1CCCCO1. The van der Waals surface area contributed by atoms with Crippen LogP contribution in [-0.4, -0.2) is 19.3 Å². The first-order chi connectivity index (χ1) is 9.55. The molecule has 0 bridgehead atoms. The van der Waals surface area contributed by atoms with Crippen molar-refractivity contribution in [2.75, 3.05) is 18.5 Å². The number of benzene rings is 1. The van der Waals surface area contributed by atoms with E-state index in [9.17, 15) is 13.2 Å². The largest absolute Gasteiger partial charge is 0.416 e. The Morgan fingerprint density at radius 1 is 1.15 bits per heavy atom. The summed E-state index contributed by atoms with van der Waals surface area (Å²) in [7, 11) is 0. The Morgan fingerprint density at radius 3 is 2.70 bits per heavy atom. The van der Waals surface area contributed by atoms with E-state index >= 15 is 0 Å². The summed E-state index contributed by atoms with van der Waals surface area (Å²) in [4.78, 5) is 0. The van der Waals surface area contributed by atoms with Gasteiger partial charge in [0.2, 0.25) is 0 Å². The molecule has 1 N–H and O–H groups in total. The second-order valence-electron chi connectivity index (χ2n) is 5.53. The number of hydrogen-bond donors (Lipinski definition) is 1. The summed E-state index contributed by atoms with van der Waals surface area (Å²) in [5.41, 5.74) is 0.996. The Bertz CT molecular complexity index is 480. The molecule has 2 unspecified atom stereocenters. The Hall–Kier alpha value is -1.23. The molecule has 0 radical (unpaired) electrons. The standard InChI is InChI=1S/C15H18F3NO/c16-15(17,18)10-4-5-11-12(6-7-19-13(11)9-10)14-3-1-2-8-20-14/h4-5,9,12,14,19H,1-3,6-8H2. The van der Waals surface area contributed by atoms with Crippen LogP contribution in [0, 0.1) is 0 Å². The maximum absolute atomic E-state index is 12.8. The molecule has 5 heteroatoms. The molecule has 1 aromatic carbocycles. The average molecular weight is 285 g/mol. The normalized spacial score (nSPS) is 26.8. The maximum atomic E-state index is 12.8. The molecule has 1 fully saturated rings. The van der Waals surface area contributed by atoms with Crippen molar-refractivity contribution < 1.29 is 17.9 Å². The van der Waals surface area contributed by atoms with Gasteiger partial charge in [-0.15, -0.1) is 0 Å². The zero-order valence-corrected chi connectivity index (χ0v) is 11.2.